The third-order valence-corrected chi connectivity index (χ3v) is 4.35. The molecule has 0 aliphatic heterocycles. The highest BCUT2D eigenvalue weighted by Crippen LogP contribution is 2.43. The Labute approximate surface area is 125 Å². The van der Waals surface area contributed by atoms with Gasteiger partial charge in [0.2, 0.25) is 0 Å². The van der Waals surface area contributed by atoms with Gasteiger partial charge in [-0.05, 0) is 54.0 Å². The van der Waals surface area contributed by atoms with E-state index < -0.39 is 6.10 Å². The number of aryl methyl sites for hydroxylation is 1. The molecule has 1 saturated carbocycles. The second-order valence-electron chi connectivity index (χ2n) is 5.72. The number of rotatable bonds is 4. The molecule has 1 atom stereocenters. The van der Waals surface area contributed by atoms with Gasteiger partial charge in [0.1, 0.15) is 0 Å². The van der Waals surface area contributed by atoms with Crippen molar-refractivity contribution in [3.63, 3.8) is 0 Å². The van der Waals surface area contributed by atoms with Crippen LogP contribution >= 0.6 is 11.6 Å². The van der Waals surface area contributed by atoms with Crippen molar-refractivity contribution in [2.75, 3.05) is 0 Å². The Morgan fingerprint density at radius 1 is 1.20 bits per heavy atom. The number of aliphatic hydroxyl groups excluding tert-OH is 1. The van der Waals surface area contributed by atoms with Crippen molar-refractivity contribution in [2.45, 2.75) is 38.2 Å². The summed E-state index contributed by atoms with van der Waals surface area (Å²) < 4.78 is 0. The first-order valence-corrected chi connectivity index (χ1v) is 7.55. The van der Waals surface area contributed by atoms with E-state index in [-0.39, 0.29) is 0 Å². The SMILES string of the molecule is Cc1ccc(CC(O)c2ccccc2C2CC2)c(Cl)c1. The Bertz CT molecular complexity index is 617. The lowest BCUT2D eigenvalue weighted by Crippen LogP contribution is -2.05. The standard InChI is InChI=1S/C18H19ClO/c1-12-6-7-14(17(19)10-12)11-18(20)16-5-3-2-4-15(16)13-8-9-13/h2-7,10,13,18,20H,8-9,11H2,1H3. The van der Waals surface area contributed by atoms with Gasteiger partial charge in [0, 0.05) is 11.4 Å². The molecule has 0 aromatic heterocycles. The molecule has 0 spiro atoms. The quantitative estimate of drug-likeness (QED) is 0.856. The van der Waals surface area contributed by atoms with E-state index in [9.17, 15) is 5.11 Å². The molecule has 0 bridgehead atoms. The third-order valence-electron chi connectivity index (χ3n) is 3.99. The lowest BCUT2D eigenvalue weighted by molar-refractivity contribution is 0.177. The van der Waals surface area contributed by atoms with Crippen LogP contribution in [0, 0.1) is 6.92 Å². The van der Waals surface area contributed by atoms with Gasteiger partial charge in [-0.2, -0.15) is 0 Å². The number of benzene rings is 2. The van der Waals surface area contributed by atoms with E-state index in [4.69, 9.17) is 11.6 Å². The van der Waals surface area contributed by atoms with E-state index in [2.05, 4.69) is 12.1 Å². The van der Waals surface area contributed by atoms with Gasteiger partial charge in [0.05, 0.1) is 6.10 Å². The van der Waals surface area contributed by atoms with Gasteiger partial charge in [-0.25, -0.2) is 0 Å². The van der Waals surface area contributed by atoms with Crippen molar-refractivity contribution in [3.05, 3.63) is 69.7 Å². The summed E-state index contributed by atoms with van der Waals surface area (Å²) in [5.41, 5.74) is 4.52. The molecule has 1 aliphatic carbocycles. The van der Waals surface area contributed by atoms with Crippen LogP contribution in [0.3, 0.4) is 0 Å². The summed E-state index contributed by atoms with van der Waals surface area (Å²) >= 11 is 6.26. The lowest BCUT2D eigenvalue weighted by Gasteiger charge is -2.16. The Hall–Kier alpha value is -1.31. The lowest BCUT2D eigenvalue weighted by atomic mass is 9.94. The average molecular weight is 287 g/mol. The van der Waals surface area contributed by atoms with Crippen LogP contribution in [0.25, 0.3) is 0 Å². The van der Waals surface area contributed by atoms with Crippen LogP contribution in [0.1, 0.15) is 47.1 Å². The van der Waals surface area contributed by atoms with Crippen molar-refractivity contribution in [1.29, 1.82) is 0 Å². The molecule has 0 radical (unpaired) electrons. The summed E-state index contributed by atoms with van der Waals surface area (Å²) in [4.78, 5) is 0. The van der Waals surface area contributed by atoms with Gasteiger partial charge in [0.25, 0.3) is 0 Å². The molecule has 1 nitrogen and oxygen atoms in total. The molecule has 1 aliphatic rings. The van der Waals surface area contributed by atoms with Gasteiger partial charge in [-0.15, -0.1) is 0 Å². The van der Waals surface area contributed by atoms with Crippen molar-refractivity contribution in [1.82, 2.24) is 0 Å². The van der Waals surface area contributed by atoms with E-state index in [0.29, 0.717) is 12.3 Å². The van der Waals surface area contributed by atoms with Gasteiger partial charge < -0.3 is 5.11 Å². The predicted octanol–water partition coefficient (Wildman–Crippen LogP) is 4.80. The summed E-state index contributed by atoms with van der Waals surface area (Å²) in [5, 5.41) is 11.3. The molecule has 0 amide bonds. The minimum absolute atomic E-state index is 0.480. The Kier molecular flexibility index (Phi) is 3.82. The van der Waals surface area contributed by atoms with E-state index in [1.165, 1.54) is 18.4 Å². The van der Waals surface area contributed by atoms with E-state index >= 15 is 0 Å². The fourth-order valence-electron chi connectivity index (χ4n) is 2.72. The Balaban J connectivity index is 1.84. The number of aliphatic hydroxyl groups is 1. The smallest absolute Gasteiger partial charge is 0.0833 e. The van der Waals surface area contributed by atoms with Crippen LogP contribution in [-0.2, 0) is 6.42 Å². The van der Waals surface area contributed by atoms with Crippen LogP contribution in [-0.4, -0.2) is 5.11 Å². The van der Waals surface area contributed by atoms with Gasteiger partial charge in [-0.1, -0.05) is 48.0 Å². The zero-order valence-electron chi connectivity index (χ0n) is 11.6. The monoisotopic (exact) mass is 286 g/mol. The molecule has 0 heterocycles. The first-order valence-electron chi connectivity index (χ1n) is 7.17. The molecule has 104 valence electrons. The largest absolute Gasteiger partial charge is 0.388 e. The Morgan fingerprint density at radius 2 is 1.95 bits per heavy atom. The zero-order chi connectivity index (χ0) is 14.1. The molecule has 1 fully saturated rings. The molecule has 2 aromatic carbocycles. The summed E-state index contributed by atoms with van der Waals surface area (Å²) in [7, 11) is 0. The highest BCUT2D eigenvalue weighted by Gasteiger charge is 2.27. The molecular weight excluding hydrogens is 268 g/mol. The molecule has 2 aromatic rings. The molecule has 3 rings (SSSR count). The summed E-state index contributed by atoms with van der Waals surface area (Å²) in [6.07, 6.45) is 2.58. The topological polar surface area (TPSA) is 20.2 Å². The van der Waals surface area contributed by atoms with Crippen LogP contribution in [0.2, 0.25) is 5.02 Å². The molecule has 1 N–H and O–H groups in total. The highest BCUT2D eigenvalue weighted by molar-refractivity contribution is 6.31. The van der Waals surface area contributed by atoms with Gasteiger partial charge >= 0.3 is 0 Å². The molecule has 0 saturated heterocycles. The van der Waals surface area contributed by atoms with E-state index in [0.717, 1.165) is 21.7 Å². The van der Waals surface area contributed by atoms with Crippen molar-refractivity contribution >= 4 is 11.6 Å². The van der Waals surface area contributed by atoms with Crippen LogP contribution in [0.15, 0.2) is 42.5 Å². The summed E-state index contributed by atoms with van der Waals surface area (Å²) in [6, 6.07) is 14.3. The number of hydrogen-bond acceptors (Lipinski definition) is 1. The Morgan fingerprint density at radius 3 is 2.65 bits per heavy atom. The third kappa shape index (κ3) is 2.89. The normalized spacial score (nSPS) is 16.1. The minimum Gasteiger partial charge on any atom is -0.388 e. The second-order valence-corrected chi connectivity index (χ2v) is 6.13. The fraction of sp³-hybridized carbons (Fsp3) is 0.333. The van der Waals surface area contributed by atoms with Crippen LogP contribution < -0.4 is 0 Å². The van der Waals surface area contributed by atoms with E-state index in [1.54, 1.807) is 0 Å². The van der Waals surface area contributed by atoms with Crippen molar-refractivity contribution in [2.24, 2.45) is 0 Å². The number of hydrogen-bond donors (Lipinski definition) is 1. The van der Waals surface area contributed by atoms with Crippen LogP contribution in [0.5, 0.6) is 0 Å². The first-order chi connectivity index (χ1) is 9.65. The van der Waals surface area contributed by atoms with Crippen LogP contribution in [0.4, 0.5) is 0 Å². The zero-order valence-corrected chi connectivity index (χ0v) is 12.4. The van der Waals surface area contributed by atoms with E-state index in [1.807, 2.05) is 37.3 Å². The van der Waals surface area contributed by atoms with Gasteiger partial charge in [-0.3, -0.25) is 0 Å². The molecule has 1 unspecified atom stereocenters. The maximum atomic E-state index is 10.6. The molecule has 20 heavy (non-hydrogen) atoms. The maximum absolute atomic E-state index is 10.6. The van der Waals surface area contributed by atoms with Crippen molar-refractivity contribution < 1.29 is 5.11 Å². The van der Waals surface area contributed by atoms with Crippen molar-refractivity contribution in [3.8, 4) is 0 Å². The number of halogens is 1. The summed E-state index contributed by atoms with van der Waals surface area (Å²) in [5.74, 6) is 0.648. The average Bonchev–Trinajstić information content (AvgIpc) is 3.26. The predicted molar refractivity (Wildman–Crippen MR) is 83.3 cm³/mol. The molecular formula is C18H19ClO. The summed E-state index contributed by atoms with van der Waals surface area (Å²) in [6.45, 7) is 2.02. The second kappa shape index (κ2) is 5.59. The fourth-order valence-corrected chi connectivity index (χ4v) is 3.03. The maximum Gasteiger partial charge on any atom is 0.0833 e. The minimum atomic E-state index is -0.480. The van der Waals surface area contributed by atoms with Gasteiger partial charge in [0.15, 0.2) is 0 Å². The highest BCUT2D eigenvalue weighted by atomic mass is 35.5. The first kappa shape index (κ1) is 13.7. The molecule has 2 heteroatoms.